The fourth-order valence-electron chi connectivity index (χ4n) is 2.12. The summed E-state index contributed by atoms with van der Waals surface area (Å²) in [6.07, 6.45) is 0. The monoisotopic (exact) mass is 306 g/mol. The van der Waals surface area contributed by atoms with Gasteiger partial charge in [0.1, 0.15) is 0 Å². The highest BCUT2D eigenvalue weighted by atomic mass is 35.5. The van der Waals surface area contributed by atoms with E-state index in [1.807, 2.05) is 40.0 Å². The Hall–Kier alpha value is -0.620. The van der Waals surface area contributed by atoms with Crippen LogP contribution in [-0.4, -0.2) is 39.9 Å². The van der Waals surface area contributed by atoms with Gasteiger partial charge in [0.25, 0.3) is 0 Å². The second-order valence-corrected chi connectivity index (χ2v) is 6.64. The fraction of sp³-hybridized carbons (Fsp3) is 0.538. The Kier molecular flexibility index (Phi) is 7.00. The highest BCUT2D eigenvalue weighted by molar-refractivity contribution is 7.89. The SMILES string of the molecule is CNCCN(C)S(=O)(=O)c1c(C)cc(C)cc1C.Cl. The van der Waals surface area contributed by atoms with E-state index in [4.69, 9.17) is 0 Å². The van der Waals surface area contributed by atoms with Gasteiger partial charge >= 0.3 is 0 Å². The largest absolute Gasteiger partial charge is 0.318 e. The molecule has 0 saturated heterocycles. The molecule has 0 amide bonds. The van der Waals surface area contributed by atoms with Crippen molar-refractivity contribution in [1.82, 2.24) is 9.62 Å². The number of hydrogen-bond donors (Lipinski definition) is 1. The Morgan fingerprint density at radius 3 is 2.05 bits per heavy atom. The average Bonchev–Trinajstić information content (AvgIpc) is 2.23. The molecule has 0 atom stereocenters. The van der Waals surface area contributed by atoms with Crippen molar-refractivity contribution in [2.24, 2.45) is 0 Å². The number of halogens is 1. The van der Waals surface area contributed by atoms with Crippen molar-refractivity contribution in [3.63, 3.8) is 0 Å². The molecular formula is C13H23ClN2O2S. The number of hydrogen-bond acceptors (Lipinski definition) is 3. The van der Waals surface area contributed by atoms with Gasteiger partial charge in [0, 0.05) is 20.1 Å². The highest BCUT2D eigenvalue weighted by Crippen LogP contribution is 2.24. The van der Waals surface area contributed by atoms with Crippen LogP contribution in [0.2, 0.25) is 0 Å². The third-order valence-corrected chi connectivity index (χ3v) is 5.11. The number of sulfonamides is 1. The average molecular weight is 307 g/mol. The van der Waals surface area contributed by atoms with Crippen LogP contribution in [0.4, 0.5) is 0 Å². The van der Waals surface area contributed by atoms with Gasteiger partial charge in [-0.15, -0.1) is 12.4 Å². The normalized spacial score (nSPS) is 11.5. The van der Waals surface area contributed by atoms with Crippen molar-refractivity contribution >= 4 is 22.4 Å². The Bertz CT molecular complexity index is 506. The van der Waals surface area contributed by atoms with Crippen molar-refractivity contribution in [1.29, 1.82) is 0 Å². The summed E-state index contributed by atoms with van der Waals surface area (Å²) in [7, 11) is 0.0289. The molecule has 1 aromatic carbocycles. The lowest BCUT2D eigenvalue weighted by Crippen LogP contribution is -2.33. The fourth-order valence-corrected chi connectivity index (χ4v) is 3.69. The molecule has 19 heavy (non-hydrogen) atoms. The first-order chi connectivity index (χ1) is 8.30. The van der Waals surface area contributed by atoms with E-state index in [1.54, 1.807) is 7.05 Å². The van der Waals surface area contributed by atoms with Gasteiger partial charge in [0.05, 0.1) is 4.90 Å². The van der Waals surface area contributed by atoms with E-state index in [9.17, 15) is 8.42 Å². The number of benzene rings is 1. The minimum absolute atomic E-state index is 0. The molecule has 1 aromatic rings. The molecule has 0 aromatic heterocycles. The van der Waals surface area contributed by atoms with Gasteiger partial charge in [-0.05, 0) is 38.9 Å². The van der Waals surface area contributed by atoms with Crippen molar-refractivity contribution in [3.05, 3.63) is 28.8 Å². The summed E-state index contributed by atoms with van der Waals surface area (Å²) in [4.78, 5) is 0.437. The predicted octanol–water partition coefficient (Wildman–Crippen LogP) is 1.87. The minimum atomic E-state index is -3.40. The van der Waals surface area contributed by atoms with E-state index < -0.39 is 10.0 Å². The molecule has 0 bridgehead atoms. The number of rotatable bonds is 5. The Balaban J connectivity index is 0.00000324. The highest BCUT2D eigenvalue weighted by Gasteiger charge is 2.24. The topological polar surface area (TPSA) is 49.4 Å². The molecule has 6 heteroatoms. The van der Waals surface area contributed by atoms with E-state index in [0.717, 1.165) is 16.7 Å². The van der Waals surface area contributed by atoms with E-state index in [2.05, 4.69) is 5.32 Å². The number of nitrogens with zero attached hydrogens (tertiary/aromatic N) is 1. The molecule has 110 valence electrons. The van der Waals surface area contributed by atoms with Gasteiger partial charge in [-0.3, -0.25) is 0 Å². The second-order valence-electron chi connectivity index (χ2n) is 4.66. The molecule has 0 saturated carbocycles. The van der Waals surface area contributed by atoms with E-state index in [-0.39, 0.29) is 12.4 Å². The van der Waals surface area contributed by atoms with Crippen LogP contribution in [0.1, 0.15) is 16.7 Å². The maximum absolute atomic E-state index is 12.5. The minimum Gasteiger partial charge on any atom is -0.318 e. The number of nitrogens with one attached hydrogen (secondary N) is 1. The standard InChI is InChI=1S/C13H22N2O2S.ClH/c1-10-8-11(2)13(12(3)9-10)18(16,17)15(5)7-6-14-4;/h8-9,14H,6-7H2,1-5H3;1H. The van der Waals surface area contributed by atoms with Gasteiger partial charge in [-0.2, -0.15) is 4.31 Å². The summed E-state index contributed by atoms with van der Waals surface area (Å²) in [5.41, 5.74) is 2.70. The van der Waals surface area contributed by atoms with Gasteiger partial charge < -0.3 is 5.32 Å². The van der Waals surface area contributed by atoms with Crippen molar-refractivity contribution < 1.29 is 8.42 Å². The molecule has 1 N–H and O–H groups in total. The molecule has 0 heterocycles. The summed E-state index contributed by atoms with van der Waals surface area (Å²) < 4.78 is 26.4. The molecule has 4 nitrogen and oxygen atoms in total. The molecule has 0 unspecified atom stereocenters. The molecule has 1 rings (SSSR count). The zero-order valence-corrected chi connectivity index (χ0v) is 13.8. The third kappa shape index (κ3) is 4.18. The third-order valence-electron chi connectivity index (χ3n) is 2.95. The Labute approximate surface area is 122 Å². The predicted molar refractivity (Wildman–Crippen MR) is 81.6 cm³/mol. The summed E-state index contributed by atoms with van der Waals surface area (Å²) in [6.45, 7) is 6.77. The van der Waals surface area contributed by atoms with Crippen LogP contribution in [-0.2, 0) is 10.0 Å². The van der Waals surface area contributed by atoms with Crippen LogP contribution in [0.25, 0.3) is 0 Å². The lowest BCUT2D eigenvalue weighted by atomic mass is 10.1. The maximum atomic E-state index is 12.5. The van der Waals surface area contributed by atoms with Gasteiger partial charge in [-0.25, -0.2) is 8.42 Å². The lowest BCUT2D eigenvalue weighted by Gasteiger charge is -2.20. The molecule has 0 radical (unpaired) electrons. The first-order valence-corrected chi connectivity index (χ1v) is 7.43. The van der Waals surface area contributed by atoms with Crippen LogP contribution in [0.5, 0.6) is 0 Å². The lowest BCUT2D eigenvalue weighted by molar-refractivity contribution is 0.465. The molecule has 0 spiro atoms. The van der Waals surface area contributed by atoms with Crippen LogP contribution in [0, 0.1) is 20.8 Å². The zero-order valence-electron chi connectivity index (χ0n) is 12.1. The quantitative estimate of drug-likeness (QED) is 0.903. The zero-order chi connectivity index (χ0) is 13.9. The molecule has 0 fully saturated rings. The summed E-state index contributed by atoms with van der Waals surface area (Å²) in [5, 5.41) is 2.95. The molecule has 0 aliphatic carbocycles. The first-order valence-electron chi connectivity index (χ1n) is 5.99. The summed E-state index contributed by atoms with van der Waals surface area (Å²) >= 11 is 0. The van der Waals surface area contributed by atoms with E-state index in [1.165, 1.54) is 4.31 Å². The Morgan fingerprint density at radius 1 is 1.16 bits per heavy atom. The van der Waals surface area contributed by atoms with Crippen LogP contribution in [0.3, 0.4) is 0 Å². The van der Waals surface area contributed by atoms with Crippen molar-refractivity contribution in [3.8, 4) is 0 Å². The van der Waals surface area contributed by atoms with Crippen LogP contribution < -0.4 is 5.32 Å². The smallest absolute Gasteiger partial charge is 0.243 e. The molecular weight excluding hydrogens is 284 g/mol. The summed E-state index contributed by atoms with van der Waals surface area (Å²) in [6, 6.07) is 3.82. The molecule has 0 aliphatic heterocycles. The first kappa shape index (κ1) is 18.4. The Morgan fingerprint density at radius 2 is 1.63 bits per heavy atom. The van der Waals surface area contributed by atoms with Crippen LogP contribution in [0.15, 0.2) is 17.0 Å². The van der Waals surface area contributed by atoms with Crippen molar-refractivity contribution in [2.45, 2.75) is 25.7 Å². The number of likely N-dealkylation sites (N-methyl/N-ethyl adjacent to an activating group) is 2. The van der Waals surface area contributed by atoms with Crippen molar-refractivity contribution in [2.75, 3.05) is 27.2 Å². The van der Waals surface area contributed by atoms with Crippen LogP contribution >= 0.6 is 12.4 Å². The second kappa shape index (κ2) is 7.24. The van der Waals surface area contributed by atoms with Gasteiger partial charge in [0.2, 0.25) is 10.0 Å². The van der Waals surface area contributed by atoms with E-state index >= 15 is 0 Å². The molecule has 0 aliphatic rings. The maximum Gasteiger partial charge on any atom is 0.243 e. The van der Waals surface area contributed by atoms with E-state index in [0.29, 0.717) is 18.0 Å². The summed E-state index contributed by atoms with van der Waals surface area (Å²) in [5.74, 6) is 0. The number of aryl methyl sites for hydroxylation is 3. The van der Waals surface area contributed by atoms with Gasteiger partial charge in [-0.1, -0.05) is 17.7 Å². The van der Waals surface area contributed by atoms with Gasteiger partial charge in [0.15, 0.2) is 0 Å².